The van der Waals surface area contributed by atoms with Crippen LogP contribution in [-0.4, -0.2) is 36.7 Å². The van der Waals surface area contributed by atoms with Gasteiger partial charge < -0.3 is 4.74 Å². The fourth-order valence-corrected chi connectivity index (χ4v) is 1.76. The molecule has 2 nitrogen and oxygen atoms in total. The zero-order valence-electron chi connectivity index (χ0n) is 9.51. The van der Waals surface area contributed by atoms with Crippen LogP contribution in [-0.2, 0) is 4.74 Å². The van der Waals surface area contributed by atoms with Gasteiger partial charge in [-0.2, -0.15) is 0 Å². The summed E-state index contributed by atoms with van der Waals surface area (Å²) < 4.78 is 18.0. The molecule has 0 amide bonds. The molecule has 0 spiro atoms. The van der Waals surface area contributed by atoms with Gasteiger partial charge in [-0.05, 0) is 39.8 Å². The van der Waals surface area contributed by atoms with Crippen molar-refractivity contribution in [3.05, 3.63) is 11.9 Å². The smallest absolute Gasteiger partial charge is 0.0872 e. The monoisotopic (exact) mass is 201 g/mol. The lowest BCUT2D eigenvalue weighted by Crippen LogP contribution is -2.43. The molecule has 1 heterocycles. The quantitative estimate of drug-likeness (QED) is 0.695. The van der Waals surface area contributed by atoms with Crippen LogP contribution in [0.4, 0.5) is 4.39 Å². The van der Waals surface area contributed by atoms with Crippen LogP contribution in [0.5, 0.6) is 0 Å². The number of hydrogen-bond acceptors (Lipinski definition) is 2. The van der Waals surface area contributed by atoms with Crippen LogP contribution in [0.2, 0.25) is 0 Å². The van der Waals surface area contributed by atoms with Crippen LogP contribution in [0.3, 0.4) is 0 Å². The van der Waals surface area contributed by atoms with Gasteiger partial charge in [0.05, 0.1) is 19.0 Å². The van der Waals surface area contributed by atoms with E-state index in [0.29, 0.717) is 13.2 Å². The Balaban J connectivity index is 2.56. The predicted molar refractivity (Wildman–Crippen MR) is 55.9 cm³/mol. The minimum atomic E-state index is -0.0395. The van der Waals surface area contributed by atoms with E-state index in [-0.39, 0.29) is 11.6 Å². The molecule has 0 aromatic carbocycles. The number of ether oxygens (including phenoxy) is 1. The molecule has 0 unspecified atom stereocenters. The molecule has 3 heteroatoms. The maximum atomic E-state index is 12.4. The lowest BCUT2D eigenvalue weighted by molar-refractivity contribution is 0.00373. The maximum absolute atomic E-state index is 12.4. The Morgan fingerprint density at radius 2 is 2.29 bits per heavy atom. The minimum absolute atomic E-state index is 0.0395. The molecular formula is C11H20FNO. The Bertz CT molecular complexity index is 227. The van der Waals surface area contributed by atoms with E-state index in [9.17, 15) is 4.39 Å². The second-order valence-electron chi connectivity index (χ2n) is 4.66. The van der Waals surface area contributed by atoms with Crippen LogP contribution in [0.25, 0.3) is 0 Å². The number of rotatable bonds is 3. The van der Waals surface area contributed by atoms with E-state index in [4.69, 9.17) is 4.74 Å². The zero-order valence-corrected chi connectivity index (χ0v) is 9.51. The normalized spacial score (nSPS) is 32.0. The first-order valence-corrected chi connectivity index (χ1v) is 5.09. The summed E-state index contributed by atoms with van der Waals surface area (Å²) in [6, 6.07) is 0. The van der Waals surface area contributed by atoms with Gasteiger partial charge in [0, 0.05) is 12.1 Å². The topological polar surface area (TPSA) is 12.5 Å². The van der Waals surface area contributed by atoms with E-state index in [1.165, 1.54) is 0 Å². The van der Waals surface area contributed by atoms with Crippen molar-refractivity contribution < 1.29 is 9.13 Å². The molecule has 82 valence electrons. The van der Waals surface area contributed by atoms with Gasteiger partial charge in [-0.25, -0.2) is 4.39 Å². The van der Waals surface area contributed by atoms with Gasteiger partial charge in [-0.15, -0.1) is 0 Å². The molecule has 0 aliphatic carbocycles. The molecule has 1 aliphatic heterocycles. The molecule has 0 aromatic heterocycles. The van der Waals surface area contributed by atoms with Gasteiger partial charge in [-0.1, -0.05) is 0 Å². The van der Waals surface area contributed by atoms with Crippen LogP contribution < -0.4 is 0 Å². The zero-order chi connectivity index (χ0) is 10.8. The van der Waals surface area contributed by atoms with E-state index in [0.717, 1.165) is 18.3 Å². The van der Waals surface area contributed by atoms with Crippen LogP contribution in [0.1, 0.15) is 27.2 Å². The SMILES string of the molecule is CC(C)OC[C@]1(C)C/C(=C\F)CN1C. The third-order valence-corrected chi connectivity index (χ3v) is 2.85. The number of halogens is 1. The highest BCUT2D eigenvalue weighted by Gasteiger charge is 2.37. The highest BCUT2D eigenvalue weighted by atomic mass is 19.1. The Kier molecular flexibility index (Phi) is 3.67. The van der Waals surface area contributed by atoms with Crippen LogP contribution in [0, 0.1) is 0 Å². The summed E-state index contributed by atoms with van der Waals surface area (Å²) in [4.78, 5) is 2.15. The van der Waals surface area contributed by atoms with Crippen molar-refractivity contribution in [3.8, 4) is 0 Å². The number of likely N-dealkylation sites (N-methyl/N-ethyl adjacent to an activating group) is 1. The molecule has 1 saturated heterocycles. The van der Waals surface area contributed by atoms with Crippen molar-refractivity contribution in [2.75, 3.05) is 20.2 Å². The van der Waals surface area contributed by atoms with Crippen molar-refractivity contribution in [1.29, 1.82) is 0 Å². The fraction of sp³-hybridized carbons (Fsp3) is 0.818. The van der Waals surface area contributed by atoms with Gasteiger partial charge >= 0.3 is 0 Å². The largest absolute Gasteiger partial charge is 0.377 e. The van der Waals surface area contributed by atoms with E-state index in [1.807, 2.05) is 20.9 Å². The minimum Gasteiger partial charge on any atom is -0.377 e. The van der Waals surface area contributed by atoms with Gasteiger partial charge in [0.2, 0.25) is 0 Å². The second kappa shape index (κ2) is 4.41. The van der Waals surface area contributed by atoms with Gasteiger partial charge in [0.15, 0.2) is 0 Å². The highest BCUT2D eigenvalue weighted by Crippen LogP contribution is 2.31. The third-order valence-electron chi connectivity index (χ3n) is 2.85. The molecule has 1 rings (SSSR count). The standard InChI is InChI=1S/C11H20FNO/c1-9(2)14-8-11(3)5-10(6-12)7-13(11)4/h6,9H,5,7-8H2,1-4H3/b10-6+/t11-/m0/s1. The Labute approximate surface area is 85.7 Å². The van der Waals surface area contributed by atoms with Crippen molar-refractivity contribution >= 4 is 0 Å². The molecule has 0 saturated carbocycles. The van der Waals surface area contributed by atoms with Crippen molar-refractivity contribution in [1.82, 2.24) is 4.90 Å². The molecule has 1 fully saturated rings. The predicted octanol–water partition coefficient (Wildman–Crippen LogP) is 2.36. The summed E-state index contributed by atoms with van der Waals surface area (Å²) in [5.74, 6) is 0. The van der Waals surface area contributed by atoms with Crippen LogP contribution in [0.15, 0.2) is 11.9 Å². The van der Waals surface area contributed by atoms with Crippen molar-refractivity contribution in [2.45, 2.75) is 38.8 Å². The summed E-state index contributed by atoms with van der Waals surface area (Å²) in [6.45, 7) is 7.53. The second-order valence-corrected chi connectivity index (χ2v) is 4.66. The molecular weight excluding hydrogens is 181 g/mol. The average molecular weight is 201 g/mol. The Morgan fingerprint density at radius 3 is 2.71 bits per heavy atom. The fourth-order valence-electron chi connectivity index (χ4n) is 1.76. The summed E-state index contributed by atoms with van der Waals surface area (Å²) in [5, 5.41) is 0. The number of nitrogens with zero attached hydrogens (tertiary/aromatic N) is 1. The lowest BCUT2D eigenvalue weighted by Gasteiger charge is -2.32. The molecule has 0 bridgehead atoms. The van der Waals surface area contributed by atoms with Gasteiger partial charge in [0.25, 0.3) is 0 Å². The summed E-state index contributed by atoms with van der Waals surface area (Å²) in [5.41, 5.74) is 0.824. The van der Waals surface area contributed by atoms with Crippen molar-refractivity contribution in [3.63, 3.8) is 0 Å². The summed E-state index contributed by atoms with van der Waals surface area (Å²) in [6.07, 6.45) is 1.74. The molecule has 0 aromatic rings. The van der Waals surface area contributed by atoms with Gasteiger partial charge in [0.1, 0.15) is 0 Å². The Morgan fingerprint density at radius 1 is 1.64 bits per heavy atom. The van der Waals surface area contributed by atoms with E-state index < -0.39 is 0 Å². The Hall–Kier alpha value is -0.410. The van der Waals surface area contributed by atoms with E-state index in [1.54, 1.807) is 0 Å². The first-order chi connectivity index (χ1) is 6.48. The lowest BCUT2D eigenvalue weighted by atomic mass is 9.99. The number of likely N-dealkylation sites (tertiary alicyclic amines) is 1. The van der Waals surface area contributed by atoms with E-state index >= 15 is 0 Å². The van der Waals surface area contributed by atoms with Crippen molar-refractivity contribution in [2.24, 2.45) is 0 Å². The first kappa shape index (κ1) is 11.7. The molecule has 1 aliphatic rings. The van der Waals surface area contributed by atoms with E-state index in [2.05, 4.69) is 11.8 Å². The maximum Gasteiger partial charge on any atom is 0.0872 e. The molecule has 14 heavy (non-hydrogen) atoms. The molecule has 0 N–H and O–H groups in total. The van der Waals surface area contributed by atoms with Crippen LogP contribution >= 0.6 is 0 Å². The van der Waals surface area contributed by atoms with Gasteiger partial charge in [-0.3, -0.25) is 4.90 Å². The highest BCUT2D eigenvalue weighted by molar-refractivity contribution is 5.14. The molecule has 0 radical (unpaired) electrons. The number of hydrogen-bond donors (Lipinski definition) is 0. The molecule has 1 atom stereocenters. The average Bonchev–Trinajstić information content (AvgIpc) is 2.40. The summed E-state index contributed by atoms with van der Waals surface area (Å²) in [7, 11) is 2.01. The first-order valence-electron chi connectivity index (χ1n) is 5.09. The third kappa shape index (κ3) is 2.55. The summed E-state index contributed by atoms with van der Waals surface area (Å²) >= 11 is 0.